The number of H-pyrrole nitrogens is 1. The zero-order valence-corrected chi connectivity index (χ0v) is 31.4. The summed E-state index contributed by atoms with van der Waals surface area (Å²) in [6.45, 7) is 11.0. The summed E-state index contributed by atoms with van der Waals surface area (Å²) in [4.78, 5) is 53.9. The van der Waals surface area contributed by atoms with Crippen molar-refractivity contribution >= 4 is 12.1 Å². The maximum atomic E-state index is 13.8. The fourth-order valence-electron chi connectivity index (χ4n) is 6.80. The Morgan fingerprint density at radius 3 is 1.98 bits per heavy atom. The van der Waals surface area contributed by atoms with Gasteiger partial charge in [-0.1, -0.05) is 111 Å². The molecule has 282 valence electrons. The van der Waals surface area contributed by atoms with Crippen LogP contribution in [0.1, 0.15) is 82.4 Å². The largest absolute Gasteiger partial charge is 0.458 e. The number of aromatic amines is 1. The third-order valence-corrected chi connectivity index (χ3v) is 9.75. The van der Waals surface area contributed by atoms with E-state index < -0.39 is 58.8 Å². The van der Waals surface area contributed by atoms with Crippen molar-refractivity contribution in [3.8, 4) is 0 Å². The van der Waals surface area contributed by atoms with Crippen molar-refractivity contribution in [2.75, 3.05) is 13.2 Å². The SMILES string of the molecule is CCC(C)C(NC(=O)OC(C)(C)C)C(=O)O[C@H]1C[C@H](n2cc(C)c(=O)[nH]c2=O)O[C@@H]1COCCC(c1ccccc1)(c1ccccc1)c1ccccc1. The second-order valence-electron chi connectivity index (χ2n) is 14.7. The van der Waals surface area contributed by atoms with Crippen LogP contribution >= 0.6 is 0 Å². The number of carbonyl (C=O) groups is 2. The predicted octanol–water partition coefficient (Wildman–Crippen LogP) is 6.43. The van der Waals surface area contributed by atoms with E-state index in [1.165, 1.54) is 10.8 Å². The Morgan fingerprint density at radius 2 is 1.47 bits per heavy atom. The topological polar surface area (TPSA) is 138 Å². The fourth-order valence-corrected chi connectivity index (χ4v) is 6.80. The first-order valence-corrected chi connectivity index (χ1v) is 18.2. The molecule has 5 atom stereocenters. The molecule has 1 saturated heterocycles. The van der Waals surface area contributed by atoms with Gasteiger partial charge in [-0.15, -0.1) is 0 Å². The number of ether oxygens (including phenoxy) is 4. The van der Waals surface area contributed by atoms with E-state index in [1.807, 2.05) is 68.4 Å². The third kappa shape index (κ3) is 9.52. The van der Waals surface area contributed by atoms with Gasteiger partial charge in [0.1, 0.15) is 30.1 Å². The van der Waals surface area contributed by atoms with Gasteiger partial charge in [0.25, 0.3) is 5.56 Å². The molecule has 4 aromatic rings. The number of nitrogens with zero attached hydrogens (tertiary/aromatic N) is 1. The van der Waals surface area contributed by atoms with E-state index in [1.54, 1.807) is 27.7 Å². The van der Waals surface area contributed by atoms with Crippen LogP contribution in [-0.2, 0) is 29.2 Å². The molecule has 53 heavy (non-hydrogen) atoms. The molecule has 0 bridgehead atoms. The summed E-state index contributed by atoms with van der Waals surface area (Å²) in [5.74, 6) is -0.917. The number of aromatic nitrogens is 2. The van der Waals surface area contributed by atoms with E-state index in [2.05, 4.69) is 46.7 Å². The molecule has 1 aliphatic heterocycles. The highest BCUT2D eigenvalue weighted by Crippen LogP contribution is 2.42. The standard InChI is InChI=1S/C42H51N3O8/c1-7-28(2)36(43-40(49)53-41(4,5)6)38(47)52-33-25-35(45-26-29(3)37(46)44-39(45)48)51-34(33)27-50-24-23-42(30-17-11-8-12-18-30,31-19-13-9-14-20-31)32-21-15-10-16-22-32/h8-22,26,28,33-36H,7,23-25,27H2,1-6H3,(H,43,49)(H,44,46,48)/t28?,33-,34+,35+,36?/m0/s1. The number of carbonyl (C=O) groups excluding carboxylic acids is 2. The van der Waals surface area contributed by atoms with Gasteiger partial charge in [-0.2, -0.15) is 0 Å². The van der Waals surface area contributed by atoms with Gasteiger partial charge in [0.15, 0.2) is 0 Å². The molecule has 0 radical (unpaired) electrons. The lowest BCUT2D eigenvalue weighted by molar-refractivity contribution is -0.158. The van der Waals surface area contributed by atoms with Crippen molar-refractivity contribution in [1.82, 2.24) is 14.9 Å². The minimum atomic E-state index is -0.989. The van der Waals surface area contributed by atoms with Crippen LogP contribution in [0.5, 0.6) is 0 Å². The van der Waals surface area contributed by atoms with Gasteiger partial charge in [-0.05, 0) is 56.7 Å². The number of hydrogen-bond donors (Lipinski definition) is 2. The third-order valence-electron chi connectivity index (χ3n) is 9.75. The molecule has 1 fully saturated rings. The van der Waals surface area contributed by atoms with Crippen LogP contribution < -0.4 is 16.6 Å². The van der Waals surface area contributed by atoms with Gasteiger partial charge < -0.3 is 24.3 Å². The van der Waals surface area contributed by atoms with Gasteiger partial charge >= 0.3 is 17.8 Å². The first-order chi connectivity index (χ1) is 25.3. The van der Waals surface area contributed by atoms with Gasteiger partial charge in [-0.3, -0.25) is 14.3 Å². The summed E-state index contributed by atoms with van der Waals surface area (Å²) in [6, 6.07) is 30.0. The highest BCUT2D eigenvalue weighted by molar-refractivity contribution is 5.82. The van der Waals surface area contributed by atoms with Crippen molar-refractivity contribution < 1.29 is 28.5 Å². The molecule has 0 spiro atoms. The Kier molecular flexibility index (Phi) is 12.7. The summed E-state index contributed by atoms with van der Waals surface area (Å²) in [5.41, 5.74) is 1.26. The molecule has 0 saturated carbocycles. The number of esters is 1. The van der Waals surface area contributed by atoms with Gasteiger partial charge in [-0.25, -0.2) is 14.4 Å². The van der Waals surface area contributed by atoms with Crippen molar-refractivity contribution in [2.45, 2.75) is 96.3 Å². The second kappa shape index (κ2) is 17.2. The average molecular weight is 726 g/mol. The number of hydrogen-bond acceptors (Lipinski definition) is 8. The smallest absolute Gasteiger partial charge is 0.408 e. The molecular formula is C42H51N3O8. The Morgan fingerprint density at radius 1 is 0.925 bits per heavy atom. The van der Waals surface area contributed by atoms with Gasteiger partial charge in [0.2, 0.25) is 0 Å². The zero-order valence-electron chi connectivity index (χ0n) is 31.4. The lowest BCUT2D eigenvalue weighted by Crippen LogP contribution is -2.49. The molecule has 1 aromatic heterocycles. The number of amides is 1. The van der Waals surface area contributed by atoms with Crippen LogP contribution in [0.2, 0.25) is 0 Å². The second-order valence-corrected chi connectivity index (χ2v) is 14.7. The number of rotatable bonds is 14. The minimum absolute atomic E-state index is 0.0491. The van der Waals surface area contributed by atoms with Crippen LogP contribution in [0, 0.1) is 12.8 Å². The van der Waals surface area contributed by atoms with Crippen molar-refractivity contribution in [2.24, 2.45) is 5.92 Å². The molecule has 1 amide bonds. The highest BCUT2D eigenvalue weighted by Gasteiger charge is 2.42. The fraction of sp³-hybridized carbons (Fsp3) is 0.429. The number of benzene rings is 3. The molecule has 1 aliphatic rings. The molecule has 11 heteroatoms. The summed E-state index contributed by atoms with van der Waals surface area (Å²) in [5, 5.41) is 2.69. The van der Waals surface area contributed by atoms with Crippen molar-refractivity contribution in [1.29, 1.82) is 0 Å². The monoisotopic (exact) mass is 725 g/mol. The molecule has 11 nitrogen and oxygen atoms in total. The molecule has 5 rings (SSSR count). The van der Waals surface area contributed by atoms with E-state index >= 15 is 0 Å². The summed E-state index contributed by atoms with van der Waals surface area (Å²) in [6.07, 6.45) is -0.441. The van der Waals surface area contributed by atoms with E-state index in [-0.39, 0.29) is 18.9 Å². The van der Waals surface area contributed by atoms with Gasteiger partial charge in [0.05, 0.1) is 6.61 Å². The van der Waals surface area contributed by atoms with E-state index in [4.69, 9.17) is 18.9 Å². The highest BCUT2D eigenvalue weighted by atomic mass is 16.6. The Bertz CT molecular complexity index is 1820. The van der Waals surface area contributed by atoms with Gasteiger partial charge in [0, 0.05) is 30.2 Å². The maximum Gasteiger partial charge on any atom is 0.408 e. The van der Waals surface area contributed by atoms with Crippen LogP contribution in [-0.4, -0.2) is 58.7 Å². The molecule has 0 aliphatic carbocycles. The Labute approximate surface area is 310 Å². The molecule has 3 aromatic carbocycles. The lowest BCUT2D eigenvalue weighted by atomic mass is 9.67. The average Bonchev–Trinajstić information content (AvgIpc) is 3.53. The predicted molar refractivity (Wildman–Crippen MR) is 202 cm³/mol. The molecule has 2 unspecified atom stereocenters. The number of nitrogens with one attached hydrogen (secondary N) is 2. The Hall–Kier alpha value is -5.00. The summed E-state index contributed by atoms with van der Waals surface area (Å²) >= 11 is 0. The number of alkyl carbamates (subject to hydrolysis) is 1. The first kappa shape index (κ1) is 39.2. The van der Waals surface area contributed by atoms with Crippen molar-refractivity contribution in [3.05, 3.63) is 140 Å². The van der Waals surface area contributed by atoms with Crippen LogP contribution in [0.15, 0.2) is 107 Å². The minimum Gasteiger partial charge on any atom is -0.458 e. The maximum absolute atomic E-state index is 13.8. The summed E-state index contributed by atoms with van der Waals surface area (Å²) in [7, 11) is 0. The van der Waals surface area contributed by atoms with Crippen molar-refractivity contribution in [3.63, 3.8) is 0 Å². The number of aryl methyl sites for hydroxylation is 1. The van der Waals surface area contributed by atoms with E-state index in [9.17, 15) is 19.2 Å². The Balaban J connectivity index is 1.40. The van der Waals surface area contributed by atoms with Crippen LogP contribution in [0.3, 0.4) is 0 Å². The first-order valence-electron chi connectivity index (χ1n) is 18.2. The van der Waals surface area contributed by atoms with Crippen LogP contribution in [0.4, 0.5) is 4.79 Å². The lowest BCUT2D eigenvalue weighted by Gasteiger charge is -2.36. The van der Waals surface area contributed by atoms with E-state index in [0.29, 0.717) is 25.0 Å². The van der Waals surface area contributed by atoms with E-state index in [0.717, 1.165) is 16.7 Å². The zero-order chi connectivity index (χ0) is 38.2. The van der Waals surface area contributed by atoms with Crippen LogP contribution in [0.25, 0.3) is 0 Å². The quantitative estimate of drug-likeness (QED) is 0.0863. The normalized spacial score (nSPS) is 18.6. The molecular weight excluding hydrogens is 674 g/mol. The summed E-state index contributed by atoms with van der Waals surface area (Å²) < 4.78 is 25.6. The molecule has 2 N–H and O–H groups in total. The molecule has 2 heterocycles.